The van der Waals surface area contributed by atoms with E-state index in [0.717, 1.165) is 19.5 Å². The predicted molar refractivity (Wildman–Crippen MR) is 62.2 cm³/mol. The molecule has 2 heteroatoms. The second-order valence-electron chi connectivity index (χ2n) is 4.46. The summed E-state index contributed by atoms with van der Waals surface area (Å²) in [5, 5.41) is 13.2. The largest absolute Gasteiger partial charge is 0.391 e. The minimum atomic E-state index is -0.237. The number of nitrogens with one attached hydrogen (secondary N) is 1. The van der Waals surface area contributed by atoms with Gasteiger partial charge in [0.1, 0.15) is 0 Å². The first kappa shape index (κ1) is 10.7. The van der Waals surface area contributed by atoms with Crippen molar-refractivity contribution in [3.8, 4) is 0 Å². The molecule has 2 atom stereocenters. The molecule has 2 N–H and O–H groups in total. The fraction of sp³-hybridized carbons (Fsp3) is 0.538. The Kier molecular flexibility index (Phi) is 3.08. The highest BCUT2D eigenvalue weighted by atomic mass is 16.3. The molecule has 1 aromatic carbocycles. The minimum absolute atomic E-state index is 0.237. The van der Waals surface area contributed by atoms with Crippen LogP contribution in [0.4, 0.5) is 0 Å². The number of benzene rings is 1. The van der Waals surface area contributed by atoms with Crippen molar-refractivity contribution in [1.82, 2.24) is 5.32 Å². The van der Waals surface area contributed by atoms with Gasteiger partial charge in [0.15, 0.2) is 0 Å². The molecule has 0 bridgehead atoms. The lowest BCUT2D eigenvalue weighted by atomic mass is 9.84. The molecule has 1 aliphatic rings. The monoisotopic (exact) mass is 205 g/mol. The van der Waals surface area contributed by atoms with Crippen molar-refractivity contribution < 1.29 is 5.11 Å². The first-order valence-corrected chi connectivity index (χ1v) is 5.65. The molecule has 2 rings (SSSR count). The normalized spacial score (nSPS) is 26.6. The highest BCUT2D eigenvalue weighted by Crippen LogP contribution is 2.29. The summed E-state index contributed by atoms with van der Waals surface area (Å²) in [7, 11) is 0. The molecule has 15 heavy (non-hydrogen) atoms. The summed E-state index contributed by atoms with van der Waals surface area (Å²) in [6.45, 7) is 6.01. The van der Waals surface area contributed by atoms with Crippen molar-refractivity contribution in [1.29, 1.82) is 0 Å². The van der Waals surface area contributed by atoms with Crippen LogP contribution in [0.15, 0.2) is 18.2 Å². The molecule has 82 valence electrons. The van der Waals surface area contributed by atoms with Gasteiger partial charge in [-0.25, -0.2) is 0 Å². The number of aryl methyl sites for hydroxylation is 1. The van der Waals surface area contributed by atoms with E-state index in [1.807, 2.05) is 0 Å². The Hall–Kier alpha value is -0.860. The van der Waals surface area contributed by atoms with Crippen molar-refractivity contribution >= 4 is 0 Å². The fourth-order valence-electron chi connectivity index (χ4n) is 2.38. The molecule has 0 spiro atoms. The van der Waals surface area contributed by atoms with Gasteiger partial charge in [0, 0.05) is 12.5 Å². The molecule has 1 heterocycles. The number of β-amino-alcohol motifs (C(OH)–C–C–N with tert-alkyl or cyclic N) is 1. The molecule has 1 saturated heterocycles. The second-order valence-corrected chi connectivity index (χ2v) is 4.46. The minimum Gasteiger partial charge on any atom is -0.391 e. The van der Waals surface area contributed by atoms with Crippen molar-refractivity contribution in [2.24, 2.45) is 0 Å². The van der Waals surface area contributed by atoms with Gasteiger partial charge in [0.2, 0.25) is 0 Å². The van der Waals surface area contributed by atoms with Crippen molar-refractivity contribution in [3.63, 3.8) is 0 Å². The van der Waals surface area contributed by atoms with Gasteiger partial charge in [-0.3, -0.25) is 0 Å². The van der Waals surface area contributed by atoms with Crippen LogP contribution in [0, 0.1) is 13.8 Å². The molecule has 1 aromatic rings. The standard InChI is InChI=1S/C13H19NO/c1-9-4-3-5-11(10(9)2)12-6-7-14-8-13(12)15/h3-5,12-15H,6-8H2,1-2H3/t12-,13+/m1/s1. The molecule has 0 aromatic heterocycles. The summed E-state index contributed by atoms with van der Waals surface area (Å²) in [6, 6.07) is 6.38. The van der Waals surface area contributed by atoms with Gasteiger partial charge in [-0.15, -0.1) is 0 Å². The van der Waals surface area contributed by atoms with Crippen LogP contribution in [0.5, 0.6) is 0 Å². The average Bonchev–Trinajstić information content (AvgIpc) is 2.23. The SMILES string of the molecule is Cc1cccc([C@H]2CCNC[C@@H]2O)c1C. The number of rotatable bonds is 1. The Labute approximate surface area is 91.3 Å². The Balaban J connectivity index is 2.31. The summed E-state index contributed by atoms with van der Waals surface area (Å²) in [5.41, 5.74) is 3.98. The van der Waals surface area contributed by atoms with E-state index < -0.39 is 0 Å². The maximum Gasteiger partial charge on any atom is 0.0733 e. The van der Waals surface area contributed by atoms with Crippen LogP contribution < -0.4 is 5.32 Å². The molecule has 0 saturated carbocycles. The average molecular weight is 205 g/mol. The second kappa shape index (κ2) is 4.33. The number of aliphatic hydroxyl groups excluding tert-OH is 1. The number of piperidine rings is 1. The highest BCUT2D eigenvalue weighted by Gasteiger charge is 2.25. The van der Waals surface area contributed by atoms with E-state index in [0.29, 0.717) is 5.92 Å². The molecular formula is C13H19NO. The lowest BCUT2D eigenvalue weighted by molar-refractivity contribution is 0.118. The van der Waals surface area contributed by atoms with Crippen molar-refractivity contribution in [3.05, 3.63) is 34.9 Å². The molecule has 0 radical (unpaired) electrons. The van der Waals surface area contributed by atoms with Crippen molar-refractivity contribution in [2.75, 3.05) is 13.1 Å². The third-order valence-corrected chi connectivity index (χ3v) is 3.50. The van der Waals surface area contributed by atoms with Crippen LogP contribution in [0.25, 0.3) is 0 Å². The topological polar surface area (TPSA) is 32.3 Å². The van der Waals surface area contributed by atoms with E-state index in [2.05, 4.69) is 37.4 Å². The van der Waals surface area contributed by atoms with Crippen LogP contribution >= 0.6 is 0 Å². The van der Waals surface area contributed by atoms with Gasteiger partial charge in [0.25, 0.3) is 0 Å². The van der Waals surface area contributed by atoms with Gasteiger partial charge in [0.05, 0.1) is 6.10 Å². The van der Waals surface area contributed by atoms with Gasteiger partial charge in [-0.05, 0) is 43.5 Å². The van der Waals surface area contributed by atoms with E-state index in [9.17, 15) is 5.11 Å². The van der Waals surface area contributed by atoms with E-state index >= 15 is 0 Å². The van der Waals surface area contributed by atoms with Gasteiger partial charge in [-0.2, -0.15) is 0 Å². The zero-order valence-electron chi connectivity index (χ0n) is 9.46. The Morgan fingerprint density at radius 3 is 2.87 bits per heavy atom. The smallest absolute Gasteiger partial charge is 0.0733 e. The molecule has 2 nitrogen and oxygen atoms in total. The molecule has 0 unspecified atom stereocenters. The summed E-state index contributed by atoms with van der Waals surface area (Å²) in [6.07, 6.45) is 0.796. The highest BCUT2D eigenvalue weighted by molar-refractivity contribution is 5.36. The zero-order valence-corrected chi connectivity index (χ0v) is 9.46. The Morgan fingerprint density at radius 2 is 2.13 bits per heavy atom. The van der Waals surface area contributed by atoms with E-state index in [1.165, 1.54) is 16.7 Å². The molecule has 1 fully saturated rings. The Bertz CT molecular complexity index is 348. The quantitative estimate of drug-likeness (QED) is 0.732. The molecular weight excluding hydrogens is 186 g/mol. The third kappa shape index (κ3) is 2.06. The molecule has 0 aliphatic carbocycles. The van der Waals surface area contributed by atoms with Crippen molar-refractivity contribution in [2.45, 2.75) is 32.3 Å². The van der Waals surface area contributed by atoms with Crippen LogP contribution in [-0.2, 0) is 0 Å². The summed E-state index contributed by atoms with van der Waals surface area (Å²) >= 11 is 0. The predicted octanol–water partition coefficient (Wildman–Crippen LogP) is 1.74. The Morgan fingerprint density at radius 1 is 1.33 bits per heavy atom. The first-order valence-electron chi connectivity index (χ1n) is 5.65. The van der Waals surface area contributed by atoms with Crippen LogP contribution in [0.1, 0.15) is 29.0 Å². The van der Waals surface area contributed by atoms with Crippen LogP contribution in [-0.4, -0.2) is 24.3 Å². The molecule has 0 amide bonds. The zero-order chi connectivity index (χ0) is 10.8. The van der Waals surface area contributed by atoms with E-state index in [4.69, 9.17) is 0 Å². The maximum atomic E-state index is 9.98. The number of hydrogen-bond acceptors (Lipinski definition) is 2. The van der Waals surface area contributed by atoms with E-state index in [-0.39, 0.29) is 6.10 Å². The number of aliphatic hydroxyl groups is 1. The lowest BCUT2D eigenvalue weighted by Crippen LogP contribution is -2.39. The summed E-state index contributed by atoms with van der Waals surface area (Å²) in [5.74, 6) is 0.311. The van der Waals surface area contributed by atoms with Gasteiger partial charge >= 0.3 is 0 Å². The summed E-state index contributed by atoms with van der Waals surface area (Å²) < 4.78 is 0. The lowest BCUT2D eigenvalue weighted by Gasteiger charge is -2.30. The first-order chi connectivity index (χ1) is 7.20. The summed E-state index contributed by atoms with van der Waals surface area (Å²) in [4.78, 5) is 0. The fourth-order valence-corrected chi connectivity index (χ4v) is 2.38. The maximum absolute atomic E-state index is 9.98. The van der Waals surface area contributed by atoms with Gasteiger partial charge < -0.3 is 10.4 Å². The molecule has 1 aliphatic heterocycles. The number of hydrogen-bond donors (Lipinski definition) is 2. The van der Waals surface area contributed by atoms with Gasteiger partial charge in [-0.1, -0.05) is 18.2 Å². The van der Waals surface area contributed by atoms with Crippen LogP contribution in [0.3, 0.4) is 0 Å². The third-order valence-electron chi connectivity index (χ3n) is 3.50. The van der Waals surface area contributed by atoms with E-state index in [1.54, 1.807) is 0 Å². The van der Waals surface area contributed by atoms with Crippen LogP contribution in [0.2, 0.25) is 0 Å².